The van der Waals surface area contributed by atoms with E-state index in [-0.39, 0.29) is 11.8 Å². The quantitative estimate of drug-likeness (QED) is 0.732. The topological polar surface area (TPSA) is 85.9 Å². The van der Waals surface area contributed by atoms with Gasteiger partial charge in [0.1, 0.15) is 17.2 Å². The average Bonchev–Trinajstić information content (AvgIpc) is 2.71. The van der Waals surface area contributed by atoms with Crippen molar-refractivity contribution < 1.29 is 23.8 Å². The minimum atomic E-state index is -0.356. The van der Waals surface area contributed by atoms with Crippen LogP contribution in [0.1, 0.15) is 15.9 Å². The van der Waals surface area contributed by atoms with E-state index in [1.165, 1.54) is 13.2 Å². The van der Waals surface area contributed by atoms with Crippen LogP contribution >= 0.6 is 0 Å². The molecule has 27 heavy (non-hydrogen) atoms. The lowest BCUT2D eigenvalue weighted by molar-refractivity contribution is -0.111. The van der Waals surface area contributed by atoms with E-state index in [2.05, 4.69) is 10.6 Å². The molecule has 2 amide bonds. The summed E-state index contributed by atoms with van der Waals surface area (Å²) >= 11 is 0. The van der Waals surface area contributed by atoms with Crippen LogP contribution in [0.3, 0.4) is 0 Å². The highest BCUT2D eigenvalue weighted by Gasteiger charge is 2.11. The molecule has 0 aliphatic heterocycles. The van der Waals surface area contributed by atoms with Gasteiger partial charge in [-0.05, 0) is 42.5 Å². The standard InChI is InChI=1S/C20H22N2O5/c1-21-20(24)14-5-8-16(18(12-14)27-4)22-19(23)10-6-13-11-15(25-2)7-9-17(13)26-3/h5-12H,1-4H3,(H,21,24)(H,22,23)/b10-6+. The SMILES string of the molecule is CNC(=O)c1ccc(NC(=O)/C=C/c2cc(OC)ccc2OC)c(OC)c1. The number of hydrogen-bond donors (Lipinski definition) is 2. The fourth-order valence-electron chi connectivity index (χ4n) is 2.39. The summed E-state index contributed by atoms with van der Waals surface area (Å²) in [4.78, 5) is 24.0. The fraction of sp³-hybridized carbons (Fsp3) is 0.200. The Labute approximate surface area is 157 Å². The Bertz CT molecular complexity index is 861. The number of rotatable bonds is 7. The van der Waals surface area contributed by atoms with E-state index in [0.29, 0.717) is 34.1 Å². The van der Waals surface area contributed by atoms with Gasteiger partial charge in [-0.1, -0.05) is 0 Å². The number of anilines is 1. The Morgan fingerprint density at radius 1 is 0.926 bits per heavy atom. The molecule has 0 saturated heterocycles. The second kappa shape index (κ2) is 9.28. The van der Waals surface area contributed by atoms with Gasteiger partial charge in [0.2, 0.25) is 5.91 Å². The molecule has 0 bridgehead atoms. The van der Waals surface area contributed by atoms with Gasteiger partial charge in [0.05, 0.1) is 27.0 Å². The summed E-state index contributed by atoms with van der Waals surface area (Å²) in [5.41, 5.74) is 1.59. The largest absolute Gasteiger partial charge is 0.497 e. The molecule has 2 aromatic carbocycles. The molecule has 0 saturated carbocycles. The highest BCUT2D eigenvalue weighted by Crippen LogP contribution is 2.27. The number of amides is 2. The summed E-state index contributed by atoms with van der Waals surface area (Å²) < 4.78 is 15.7. The van der Waals surface area contributed by atoms with Crippen molar-refractivity contribution in [1.29, 1.82) is 0 Å². The summed E-state index contributed by atoms with van der Waals surface area (Å²) in [5.74, 6) is 1.06. The molecule has 0 unspecified atom stereocenters. The van der Waals surface area contributed by atoms with Gasteiger partial charge in [0, 0.05) is 24.3 Å². The van der Waals surface area contributed by atoms with Gasteiger partial charge in [0.25, 0.3) is 5.91 Å². The molecule has 0 spiro atoms. The van der Waals surface area contributed by atoms with Crippen molar-refractivity contribution in [3.63, 3.8) is 0 Å². The first-order valence-corrected chi connectivity index (χ1v) is 8.13. The summed E-state index contributed by atoms with van der Waals surface area (Å²) in [7, 11) is 6.13. The lowest BCUT2D eigenvalue weighted by Gasteiger charge is -2.11. The number of carbonyl (C=O) groups excluding carboxylic acids is 2. The van der Waals surface area contributed by atoms with Gasteiger partial charge >= 0.3 is 0 Å². The van der Waals surface area contributed by atoms with Crippen LogP contribution in [-0.2, 0) is 4.79 Å². The molecule has 0 aromatic heterocycles. The molecule has 7 nitrogen and oxygen atoms in total. The maximum absolute atomic E-state index is 12.3. The minimum Gasteiger partial charge on any atom is -0.497 e. The maximum Gasteiger partial charge on any atom is 0.251 e. The Kier molecular flexibility index (Phi) is 6.82. The van der Waals surface area contributed by atoms with Gasteiger partial charge in [-0.3, -0.25) is 9.59 Å². The minimum absolute atomic E-state index is 0.240. The summed E-state index contributed by atoms with van der Waals surface area (Å²) in [6.45, 7) is 0. The first-order chi connectivity index (χ1) is 13.0. The molecule has 7 heteroatoms. The van der Waals surface area contributed by atoms with E-state index in [1.54, 1.807) is 63.7 Å². The molecule has 0 aliphatic rings. The first-order valence-electron chi connectivity index (χ1n) is 8.13. The monoisotopic (exact) mass is 370 g/mol. The molecule has 2 rings (SSSR count). The molecular formula is C20H22N2O5. The first kappa shape index (κ1) is 19.8. The second-order valence-corrected chi connectivity index (χ2v) is 5.42. The van der Waals surface area contributed by atoms with Crippen LogP contribution in [0.4, 0.5) is 5.69 Å². The Balaban J connectivity index is 2.18. The lowest BCUT2D eigenvalue weighted by Crippen LogP contribution is -2.18. The highest BCUT2D eigenvalue weighted by molar-refractivity contribution is 6.03. The highest BCUT2D eigenvalue weighted by atomic mass is 16.5. The van der Waals surface area contributed by atoms with Crippen molar-refractivity contribution in [3.8, 4) is 17.2 Å². The van der Waals surface area contributed by atoms with Crippen molar-refractivity contribution in [2.45, 2.75) is 0 Å². The lowest BCUT2D eigenvalue weighted by atomic mass is 10.1. The van der Waals surface area contributed by atoms with Crippen LogP contribution in [-0.4, -0.2) is 40.2 Å². The predicted octanol–water partition coefficient (Wildman–Crippen LogP) is 2.72. The molecule has 0 radical (unpaired) electrons. The third-order valence-electron chi connectivity index (χ3n) is 3.80. The van der Waals surface area contributed by atoms with Crippen molar-refractivity contribution in [2.24, 2.45) is 0 Å². The van der Waals surface area contributed by atoms with Crippen molar-refractivity contribution in [1.82, 2.24) is 5.32 Å². The Morgan fingerprint density at radius 2 is 1.67 bits per heavy atom. The summed E-state index contributed by atoms with van der Waals surface area (Å²) in [6, 6.07) is 10.1. The zero-order valence-electron chi connectivity index (χ0n) is 15.7. The number of methoxy groups -OCH3 is 3. The maximum atomic E-state index is 12.3. The Hall–Kier alpha value is -3.48. The fourth-order valence-corrected chi connectivity index (χ4v) is 2.39. The van der Waals surface area contributed by atoms with Crippen LogP contribution in [0.2, 0.25) is 0 Å². The van der Waals surface area contributed by atoms with E-state index >= 15 is 0 Å². The third-order valence-corrected chi connectivity index (χ3v) is 3.80. The van der Waals surface area contributed by atoms with Gasteiger partial charge in [-0.2, -0.15) is 0 Å². The molecule has 0 heterocycles. The molecule has 2 N–H and O–H groups in total. The van der Waals surface area contributed by atoms with Crippen molar-refractivity contribution >= 4 is 23.6 Å². The van der Waals surface area contributed by atoms with E-state index in [9.17, 15) is 9.59 Å². The van der Waals surface area contributed by atoms with E-state index < -0.39 is 0 Å². The van der Waals surface area contributed by atoms with Crippen LogP contribution in [0.25, 0.3) is 6.08 Å². The van der Waals surface area contributed by atoms with Crippen LogP contribution in [0.5, 0.6) is 17.2 Å². The third kappa shape index (κ3) is 5.01. The molecule has 0 fully saturated rings. The van der Waals surface area contributed by atoms with Gasteiger partial charge in [0.15, 0.2) is 0 Å². The van der Waals surface area contributed by atoms with E-state index in [0.717, 1.165) is 0 Å². The van der Waals surface area contributed by atoms with Gasteiger partial charge in [-0.15, -0.1) is 0 Å². The van der Waals surface area contributed by atoms with Crippen LogP contribution in [0.15, 0.2) is 42.5 Å². The average molecular weight is 370 g/mol. The second-order valence-electron chi connectivity index (χ2n) is 5.42. The van der Waals surface area contributed by atoms with Gasteiger partial charge < -0.3 is 24.8 Å². The van der Waals surface area contributed by atoms with Crippen LogP contribution < -0.4 is 24.8 Å². The Morgan fingerprint density at radius 3 is 2.30 bits per heavy atom. The zero-order chi connectivity index (χ0) is 19.8. The van der Waals surface area contributed by atoms with E-state index in [1.807, 2.05) is 0 Å². The molecule has 0 atom stereocenters. The summed E-state index contributed by atoms with van der Waals surface area (Å²) in [5, 5.41) is 5.26. The predicted molar refractivity (Wildman–Crippen MR) is 104 cm³/mol. The number of nitrogens with one attached hydrogen (secondary N) is 2. The molecule has 142 valence electrons. The molecule has 2 aromatic rings. The number of carbonyl (C=O) groups is 2. The number of ether oxygens (including phenoxy) is 3. The van der Waals surface area contributed by atoms with Crippen LogP contribution in [0, 0.1) is 0 Å². The summed E-state index contributed by atoms with van der Waals surface area (Å²) in [6.07, 6.45) is 3.01. The van der Waals surface area contributed by atoms with Crippen molar-refractivity contribution in [3.05, 3.63) is 53.6 Å². The van der Waals surface area contributed by atoms with E-state index in [4.69, 9.17) is 14.2 Å². The molecular weight excluding hydrogens is 348 g/mol. The molecule has 0 aliphatic carbocycles. The number of benzene rings is 2. The smallest absolute Gasteiger partial charge is 0.251 e. The van der Waals surface area contributed by atoms with Crippen molar-refractivity contribution in [2.75, 3.05) is 33.7 Å². The normalized spacial score (nSPS) is 10.4. The number of hydrogen-bond acceptors (Lipinski definition) is 5. The zero-order valence-corrected chi connectivity index (χ0v) is 15.7. The van der Waals surface area contributed by atoms with Gasteiger partial charge in [-0.25, -0.2) is 0 Å².